The highest BCUT2D eigenvalue weighted by Gasteiger charge is 1.92. The molecule has 1 aromatic rings. The molecular formula is C6H11N3O. The fraction of sp³-hybridized carbons (Fsp3) is 0.667. The predicted octanol–water partition coefficient (Wildman–Crippen LogP) is 0.233. The summed E-state index contributed by atoms with van der Waals surface area (Å²) < 4.78 is 6.63. The highest BCUT2D eigenvalue weighted by molar-refractivity contribution is 4.74. The lowest BCUT2D eigenvalue weighted by molar-refractivity contribution is 0.183. The Kier molecular flexibility index (Phi) is 2.39. The van der Waals surface area contributed by atoms with Crippen molar-refractivity contribution in [2.45, 2.75) is 13.5 Å². The van der Waals surface area contributed by atoms with Crippen molar-refractivity contribution in [2.75, 3.05) is 13.7 Å². The van der Waals surface area contributed by atoms with E-state index in [4.69, 9.17) is 4.74 Å². The Morgan fingerprint density at radius 1 is 1.70 bits per heavy atom. The van der Waals surface area contributed by atoms with Crippen molar-refractivity contribution in [1.82, 2.24) is 14.8 Å². The molecule has 56 valence electrons. The van der Waals surface area contributed by atoms with Crippen LogP contribution in [0.2, 0.25) is 0 Å². The van der Waals surface area contributed by atoms with Gasteiger partial charge < -0.3 is 4.74 Å². The van der Waals surface area contributed by atoms with Crippen LogP contribution >= 0.6 is 0 Å². The number of nitrogens with zero attached hydrogens (tertiary/aromatic N) is 3. The SMILES string of the molecule is COCCn1cnc(C)n1. The van der Waals surface area contributed by atoms with Gasteiger partial charge in [-0.15, -0.1) is 0 Å². The van der Waals surface area contributed by atoms with Gasteiger partial charge >= 0.3 is 0 Å². The van der Waals surface area contributed by atoms with Gasteiger partial charge in [0.05, 0.1) is 13.2 Å². The van der Waals surface area contributed by atoms with Gasteiger partial charge in [0, 0.05) is 7.11 Å². The van der Waals surface area contributed by atoms with E-state index in [1.54, 1.807) is 18.1 Å². The van der Waals surface area contributed by atoms with Gasteiger partial charge in [0.15, 0.2) is 0 Å². The molecule has 0 unspecified atom stereocenters. The maximum Gasteiger partial charge on any atom is 0.147 e. The summed E-state index contributed by atoms with van der Waals surface area (Å²) in [5, 5.41) is 4.07. The van der Waals surface area contributed by atoms with Gasteiger partial charge in [-0.25, -0.2) is 4.98 Å². The fourth-order valence-electron chi connectivity index (χ4n) is 0.680. The van der Waals surface area contributed by atoms with E-state index in [-0.39, 0.29) is 0 Å². The third-order valence-electron chi connectivity index (χ3n) is 1.18. The predicted molar refractivity (Wildman–Crippen MR) is 36.6 cm³/mol. The number of rotatable bonds is 3. The highest BCUT2D eigenvalue weighted by atomic mass is 16.5. The van der Waals surface area contributed by atoms with E-state index < -0.39 is 0 Å². The minimum absolute atomic E-state index is 0.683. The second-order valence-electron chi connectivity index (χ2n) is 2.05. The molecule has 0 saturated carbocycles. The van der Waals surface area contributed by atoms with E-state index in [2.05, 4.69) is 10.1 Å². The molecule has 0 saturated heterocycles. The average molecular weight is 141 g/mol. The van der Waals surface area contributed by atoms with Gasteiger partial charge in [0.2, 0.25) is 0 Å². The number of aryl methyl sites for hydroxylation is 1. The van der Waals surface area contributed by atoms with Crippen LogP contribution in [0.15, 0.2) is 6.33 Å². The molecule has 0 fully saturated rings. The van der Waals surface area contributed by atoms with Crippen molar-refractivity contribution < 1.29 is 4.74 Å². The van der Waals surface area contributed by atoms with Crippen LogP contribution in [0, 0.1) is 6.92 Å². The van der Waals surface area contributed by atoms with E-state index in [9.17, 15) is 0 Å². The van der Waals surface area contributed by atoms with E-state index in [0.717, 1.165) is 12.4 Å². The largest absolute Gasteiger partial charge is 0.383 e. The van der Waals surface area contributed by atoms with Gasteiger partial charge in [0.1, 0.15) is 12.2 Å². The second kappa shape index (κ2) is 3.31. The number of aromatic nitrogens is 3. The average Bonchev–Trinajstić information content (AvgIpc) is 2.31. The van der Waals surface area contributed by atoms with Crippen LogP contribution in [0.1, 0.15) is 5.82 Å². The first-order valence-electron chi connectivity index (χ1n) is 3.18. The highest BCUT2D eigenvalue weighted by Crippen LogP contribution is 1.85. The molecule has 10 heavy (non-hydrogen) atoms. The third kappa shape index (κ3) is 1.80. The Bertz CT molecular complexity index is 197. The normalized spacial score (nSPS) is 10.2. The third-order valence-corrected chi connectivity index (χ3v) is 1.18. The number of hydrogen-bond acceptors (Lipinski definition) is 3. The Balaban J connectivity index is 2.42. The first-order chi connectivity index (χ1) is 4.83. The van der Waals surface area contributed by atoms with Crippen molar-refractivity contribution in [1.29, 1.82) is 0 Å². The first kappa shape index (κ1) is 7.21. The lowest BCUT2D eigenvalue weighted by Crippen LogP contribution is -2.04. The summed E-state index contributed by atoms with van der Waals surface area (Å²) in [6.07, 6.45) is 1.70. The van der Waals surface area contributed by atoms with Crippen LogP contribution in [0.25, 0.3) is 0 Å². The number of ether oxygens (including phenoxy) is 1. The van der Waals surface area contributed by atoms with Gasteiger partial charge in [-0.1, -0.05) is 0 Å². The molecule has 0 spiro atoms. The molecule has 0 aliphatic rings. The minimum atomic E-state index is 0.683. The maximum absolute atomic E-state index is 4.87. The first-order valence-corrected chi connectivity index (χ1v) is 3.18. The Labute approximate surface area is 59.8 Å². The lowest BCUT2D eigenvalue weighted by Gasteiger charge is -1.96. The van der Waals surface area contributed by atoms with Crippen molar-refractivity contribution in [3.63, 3.8) is 0 Å². The molecule has 0 amide bonds. The van der Waals surface area contributed by atoms with Crippen LogP contribution in [0.4, 0.5) is 0 Å². The Hall–Kier alpha value is -0.900. The van der Waals surface area contributed by atoms with Gasteiger partial charge in [0.25, 0.3) is 0 Å². The summed E-state index contributed by atoms with van der Waals surface area (Å²) in [6.45, 7) is 3.32. The van der Waals surface area contributed by atoms with Crippen LogP contribution in [-0.4, -0.2) is 28.5 Å². The molecule has 1 heterocycles. The minimum Gasteiger partial charge on any atom is -0.383 e. The molecule has 0 atom stereocenters. The van der Waals surface area contributed by atoms with Crippen molar-refractivity contribution in [3.05, 3.63) is 12.2 Å². The maximum atomic E-state index is 4.87. The molecule has 0 aliphatic carbocycles. The molecule has 4 heteroatoms. The number of methoxy groups -OCH3 is 1. The molecule has 0 radical (unpaired) electrons. The van der Waals surface area contributed by atoms with Gasteiger partial charge in [-0.05, 0) is 6.92 Å². The lowest BCUT2D eigenvalue weighted by atomic mass is 10.7. The summed E-state index contributed by atoms with van der Waals surface area (Å²) >= 11 is 0. The molecule has 1 aromatic heterocycles. The molecule has 0 aromatic carbocycles. The molecule has 0 aliphatic heterocycles. The zero-order valence-corrected chi connectivity index (χ0v) is 6.24. The van der Waals surface area contributed by atoms with E-state index in [1.165, 1.54) is 0 Å². The standard InChI is InChI=1S/C6H11N3O/c1-6-7-5-9(8-6)3-4-10-2/h5H,3-4H2,1-2H3. The summed E-state index contributed by atoms with van der Waals surface area (Å²) in [7, 11) is 1.67. The summed E-state index contributed by atoms with van der Waals surface area (Å²) in [4.78, 5) is 3.97. The zero-order valence-electron chi connectivity index (χ0n) is 6.24. The Morgan fingerprint density at radius 2 is 2.50 bits per heavy atom. The quantitative estimate of drug-likeness (QED) is 0.605. The topological polar surface area (TPSA) is 39.9 Å². The van der Waals surface area contributed by atoms with Crippen molar-refractivity contribution in [2.24, 2.45) is 0 Å². The van der Waals surface area contributed by atoms with E-state index in [1.807, 2.05) is 6.92 Å². The van der Waals surface area contributed by atoms with Gasteiger partial charge in [-0.3, -0.25) is 4.68 Å². The summed E-state index contributed by atoms with van der Waals surface area (Å²) in [6, 6.07) is 0. The van der Waals surface area contributed by atoms with Crippen LogP contribution < -0.4 is 0 Å². The van der Waals surface area contributed by atoms with Crippen molar-refractivity contribution in [3.8, 4) is 0 Å². The smallest absolute Gasteiger partial charge is 0.147 e. The molecular weight excluding hydrogens is 130 g/mol. The van der Waals surface area contributed by atoms with Gasteiger partial charge in [-0.2, -0.15) is 5.10 Å². The van der Waals surface area contributed by atoms with Crippen LogP contribution in [-0.2, 0) is 11.3 Å². The molecule has 0 bridgehead atoms. The van der Waals surface area contributed by atoms with Crippen molar-refractivity contribution >= 4 is 0 Å². The monoisotopic (exact) mass is 141 g/mol. The number of hydrogen-bond donors (Lipinski definition) is 0. The summed E-state index contributed by atoms with van der Waals surface area (Å²) in [5.74, 6) is 0.802. The fourth-order valence-corrected chi connectivity index (χ4v) is 0.680. The second-order valence-corrected chi connectivity index (χ2v) is 2.05. The van der Waals surface area contributed by atoms with E-state index >= 15 is 0 Å². The Morgan fingerprint density at radius 3 is 3.00 bits per heavy atom. The van der Waals surface area contributed by atoms with E-state index in [0.29, 0.717) is 6.61 Å². The van der Waals surface area contributed by atoms with Crippen LogP contribution in [0.5, 0.6) is 0 Å². The summed E-state index contributed by atoms with van der Waals surface area (Å²) in [5.41, 5.74) is 0. The molecule has 4 nitrogen and oxygen atoms in total. The van der Waals surface area contributed by atoms with Crippen LogP contribution in [0.3, 0.4) is 0 Å². The molecule has 0 N–H and O–H groups in total. The zero-order chi connectivity index (χ0) is 7.40. The molecule has 1 rings (SSSR count).